The van der Waals surface area contributed by atoms with Crippen LogP contribution < -0.4 is 9.47 Å². The first-order chi connectivity index (χ1) is 15.6. The van der Waals surface area contributed by atoms with Gasteiger partial charge in [-0.05, 0) is 59.2 Å². The summed E-state index contributed by atoms with van der Waals surface area (Å²) in [5, 5.41) is 0. The van der Waals surface area contributed by atoms with E-state index in [9.17, 15) is 4.79 Å². The Morgan fingerprint density at radius 3 is 2.25 bits per heavy atom. The Hall–Kier alpha value is -3.27. The summed E-state index contributed by atoms with van der Waals surface area (Å²) in [4.78, 5) is 15.5. The lowest BCUT2D eigenvalue weighted by atomic mass is 9.87. The maximum atomic E-state index is 13.4. The number of carbonyl (C=O) groups excluding carboxylic acids is 1. The lowest BCUT2D eigenvalue weighted by molar-refractivity contribution is -0.133. The second-order valence-corrected chi connectivity index (χ2v) is 8.23. The number of ether oxygens (including phenoxy) is 2. The molecule has 1 atom stereocenters. The van der Waals surface area contributed by atoms with Crippen LogP contribution in [-0.4, -0.2) is 31.6 Å². The Bertz CT molecular complexity index is 1060. The summed E-state index contributed by atoms with van der Waals surface area (Å²) in [5.41, 5.74) is 5.95. The third kappa shape index (κ3) is 4.50. The van der Waals surface area contributed by atoms with Gasteiger partial charge in [0.1, 0.15) is 0 Å². The predicted octanol–water partition coefficient (Wildman–Crippen LogP) is 5.37. The molecule has 166 valence electrons. The Morgan fingerprint density at radius 1 is 0.938 bits per heavy atom. The van der Waals surface area contributed by atoms with E-state index in [1.54, 1.807) is 14.2 Å². The number of aryl methyl sites for hydroxylation is 2. The van der Waals surface area contributed by atoms with Crippen molar-refractivity contribution in [3.05, 3.63) is 94.5 Å². The van der Waals surface area contributed by atoms with Crippen LogP contribution in [0, 0.1) is 0 Å². The van der Waals surface area contributed by atoms with E-state index in [1.807, 2.05) is 29.2 Å². The van der Waals surface area contributed by atoms with Crippen molar-refractivity contribution in [2.75, 3.05) is 20.8 Å². The van der Waals surface area contributed by atoms with Gasteiger partial charge in [0.05, 0.1) is 20.3 Å². The fraction of sp³-hybridized carbons (Fsp3) is 0.321. The van der Waals surface area contributed by atoms with Crippen molar-refractivity contribution in [1.82, 2.24) is 4.90 Å². The number of methoxy groups -OCH3 is 2. The van der Waals surface area contributed by atoms with E-state index >= 15 is 0 Å². The highest BCUT2D eigenvalue weighted by Gasteiger charge is 2.33. The van der Waals surface area contributed by atoms with Gasteiger partial charge in [-0.1, -0.05) is 61.5 Å². The molecule has 0 aromatic heterocycles. The van der Waals surface area contributed by atoms with Gasteiger partial charge in [-0.3, -0.25) is 4.79 Å². The van der Waals surface area contributed by atoms with Crippen LogP contribution >= 0.6 is 0 Å². The van der Waals surface area contributed by atoms with Crippen LogP contribution in [-0.2, 0) is 24.1 Å². The first-order valence-corrected chi connectivity index (χ1v) is 11.3. The fourth-order valence-corrected chi connectivity index (χ4v) is 4.55. The smallest absolute Gasteiger partial charge is 0.223 e. The van der Waals surface area contributed by atoms with Crippen molar-refractivity contribution in [2.24, 2.45) is 0 Å². The minimum atomic E-state index is -0.130. The largest absolute Gasteiger partial charge is 0.493 e. The Labute approximate surface area is 190 Å². The third-order valence-corrected chi connectivity index (χ3v) is 6.37. The monoisotopic (exact) mass is 429 g/mol. The molecule has 32 heavy (non-hydrogen) atoms. The molecule has 0 saturated heterocycles. The molecule has 4 heteroatoms. The summed E-state index contributed by atoms with van der Waals surface area (Å²) in [6.45, 7) is 2.84. The number of hydrogen-bond donors (Lipinski definition) is 0. The third-order valence-electron chi connectivity index (χ3n) is 6.37. The van der Waals surface area contributed by atoms with Crippen LogP contribution in [0.3, 0.4) is 0 Å². The van der Waals surface area contributed by atoms with Crippen LogP contribution in [0.5, 0.6) is 11.5 Å². The molecular formula is C28H31NO3. The zero-order valence-electron chi connectivity index (χ0n) is 19.1. The average molecular weight is 430 g/mol. The molecule has 3 aromatic carbocycles. The molecule has 0 spiro atoms. The molecule has 0 fully saturated rings. The van der Waals surface area contributed by atoms with E-state index in [0.29, 0.717) is 18.7 Å². The second-order valence-electron chi connectivity index (χ2n) is 8.23. The first kappa shape index (κ1) is 21.9. The minimum Gasteiger partial charge on any atom is -0.493 e. The van der Waals surface area contributed by atoms with Crippen molar-refractivity contribution < 1.29 is 14.3 Å². The molecule has 1 heterocycles. The topological polar surface area (TPSA) is 38.8 Å². The van der Waals surface area contributed by atoms with E-state index in [2.05, 4.69) is 49.4 Å². The van der Waals surface area contributed by atoms with Crippen LogP contribution in [0.4, 0.5) is 0 Å². The van der Waals surface area contributed by atoms with Crippen molar-refractivity contribution in [3.8, 4) is 11.5 Å². The molecule has 4 rings (SSSR count). The molecule has 3 aromatic rings. The summed E-state index contributed by atoms with van der Waals surface area (Å²) in [5.74, 6) is 1.60. The normalized spacial score (nSPS) is 15.2. The number of rotatable bonds is 7. The zero-order chi connectivity index (χ0) is 22.5. The van der Waals surface area contributed by atoms with Crippen LogP contribution in [0.25, 0.3) is 0 Å². The number of nitrogens with zero attached hydrogens (tertiary/aromatic N) is 1. The summed E-state index contributed by atoms with van der Waals surface area (Å²) in [6.07, 6.45) is 3.08. The molecule has 1 unspecified atom stereocenters. The number of fused-ring (bicyclic) bond motifs is 1. The quantitative estimate of drug-likeness (QED) is 0.507. The van der Waals surface area contributed by atoms with Gasteiger partial charge in [-0.2, -0.15) is 0 Å². The van der Waals surface area contributed by atoms with Gasteiger partial charge >= 0.3 is 0 Å². The number of benzene rings is 3. The van der Waals surface area contributed by atoms with E-state index in [0.717, 1.165) is 36.1 Å². The van der Waals surface area contributed by atoms with Crippen molar-refractivity contribution in [3.63, 3.8) is 0 Å². The number of carbonyl (C=O) groups is 1. The van der Waals surface area contributed by atoms with Crippen molar-refractivity contribution >= 4 is 5.91 Å². The van der Waals surface area contributed by atoms with Gasteiger partial charge < -0.3 is 14.4 Å². The fourth-order valence-electron chi connectivity index (χ4n) is 4.55. The maximum absolute atomic E-state index is 13.4. The van der Waals surface area contributed by atoms with Crippen LogP contribution in [0.15, 0.2) is 66.7 Å². The molecule has 0 aliphatic carbocycles. The Balaban J connectivity index is 1.63. The zero-order valence-corrected chi connectivity index (χ0v) is 19.1. The SMILES string of the molecule is CCc1ccc(CCC(=O)N2CCc3cc(OC)c(OC)cc3C2c2ccccc2)cc1. The molecule has 4 nitrogen and oxygen atoms in total. The average Bonchev–Trinajstić information content (AvgIpc) is 2.86. The van der Waals surface area contributed by atoms with Crippen LogP contribution in [0.1, 0.15) is 47.2 Å². The highest BCUT2D eigenvalue weighted by Crippen LogP contribution is 2.41. The number of hydrogen-bond acceptors (Lipinski definition) is 3. The molecule has 1 aliphatic heterocycles. The molecule has 1 amide bonds. The maximum Gasteiger partial charge on any atom is 0.223 e. The molecule has 1 aliphatic rings. The van der Waals surface area contributed by atoms with Crippen molar-refractivity contribution in [2.45, 2.75) is 38.6 Å². The van der Waals surface area contributed by atoms with E-state index < -0.39 is 0 Å². The molecular weight excluding hydrogens is 398 g/mol. The summed E-state index contributed by atoms with van der Waals surface area (Å²) in [6, 6.07) is 22.8. The van der Waals surface area contributed by atoms with Gasteiger partial charge in [0.2, 0.25) is 5.91 Å². The van der Waals surface area contributed by atoms with Gasteiger partial charge in [0, 0.05) is 13.0 Å². The second kappa shape index (κ2) is 9.90. The van der Waals surface area contributed by atoms with E-state index in [1.165, 1.54) is 16.7 Å². The molecule has 0 radical (unpaired) electrons. The molecule has 0 bridgehead atoms. The lowest BCUT2D eigenvalue weighted by Crippen LogP contribution is -2.40. The van der Waals surface area contributed by atoms with Gasteiger partial charge in [-0.25, -0.2) is 0 Å². The molecule has 0 saturated carbocycles. The number of amides is 1. The van der Waals surface area contributed by atoms with Gasteiger partial charge in [0.15, 0.2) is 11.5 Å². The minimum absolute atomic E-state index is 0.130. The summed E-state index contributed by atoms with van der Waals surface area (Å²) in [7, 11) is 3.31. The lowest BCUT2D eigenvalue weighted by Gasteiger charge is -2.38. The Kier molecular flexibility index (Phi) is 6.79. The Morgan fingerprint density at radius 2 is 1.59 bits per heavy atom. The van der Waals surface area contributed by atoms with Crippen LogP contribution in [0.2, 0.25) is 0 Å². The standard InChI is InChI=1S/C28H31NO3/c1-4-20-10-12-21(13-11-20)14-15-27(30)29-17-16-23-18-25(31-2)26(32-3)19-24(23)28(29)22-8-6-5-7-9-22/h5-13,18-19,28H,4,14-17H2,1-3H3. The predicted molar refractivity (Wildman–Crippen MR) is 127 cm³/mol. The van der Waals surface area contributed by atoms with E-state index in [4.69, 9.17) is 9.47 Å². The summed E-state index contributed by atoms with van der Waals surface area (Å²) < 4.78 is 11.1. The van der Waals surface area contributed by atoms with Gasteiger partial charge in [-0.15, -0.1) is 0 Å². The molecule has 0 N–H and O–H groups in total. The van der Waals surface area contributed by atoms with Gasteiger partial charge in [0.25, 0.3) is 0 Å². The first-order valence-electron chi connectivity index (χ1n) is 11.3. The van der Waals surface area contributed by atoms with Crippen molar-refractivity contribution in [1.29, 1.82) is 0 Å². The highest BCUT2D eigenvalue weighted by molar-refractivity contribution is 5.78. The van der Waals surface area contributed by atoms with E-state index in [-0.39, 0.29) is 11.9 Å². The highest BCUT2D eigenvalue weighted by atomic mass is 16.5. The summed E-state index contributed by atoms with van der Waals surface area (Å²) >= 11 is 0.